The number of carbonyl (C=O) groups is 1. The number of hydrogen-bond acceptors (Lipinski definition) is 5. The summed E-state index contributed by atoms with van der Waals surface area (Å²) in [6.45, 7) is 1.98. The summed E-state index contributed by atoms with van der Waals surface area (Å²) < 4.78 is 29.3. The zero-order valence-electron chi connectivity index (χ0n) is 13.9. The van der Waals surface area contributed by atoms with Crippen LogP contribution in [0.25, 0.3) is 0 Å². The third-order valence-corrected chi connectivity index (χ3v) is 4.70. The van der Waals surface area contributed by atoms with E-state index in [0.29, 0.717) is 23.0 Å². The van der Waals surface area contributed by atoms with Gasteiger partial charge in [0.2, 0.25) is 5.91 Å². The summed E-state index contributed by atoms with van der Waals surface area (Å²) >= 11 is 6.00. The Morgan fingerprint density at radius 1 is 1.12 bits per heavy atom. The molecule has 0 aliphatic rings. The van der Waals surface area contributed by atoms with Crippen LogP contribution in [-0.2, 0) is 14.6 Å². The normalized spacial score (nSPS) is 11.0. The summed E-state index contributed by atoms with van der Waals surface area (Å²) in [4.78, 5) is 12.2. The molecular formula is C17H19ClN2O4S. The summed E-state index contributed by atoms with van der Waals surface area (Å²) in [5.41, 5.74) is 0.935. The molecule has 2 aromatic carbocycles. The second-order valence-electron chi connectivity index (χ2n) is 5.22. The van der Waals surface area contributed by atoms with Crippen LogP contribution >= 0.6 is 11.6 Å². The van der Waals surface area contributed by atoms with Gasteiger partial charge < -0.3 is 15.4 Å². The molecule has 0 aromatic heterocycles. The van der Waals surface area contributed by atoms with Crippen LogP contribution in [0.4, 0.5) is 11.4 Å². The van der Waals surface area contributed by atoms with Gasteiger partial charge >= 0.3 is 0 Å². The zero-order chi connectivity index (χ0) is 18.4. The number of carbonyl (C=O) groups excluding carboxylic acids is 1. The van der Waals surface area contributed by atoms with Crippen LogP contribution in [0, 0.1) is 0 Å². The van der Waals surface area contributed by atoms with Gasteiger partial charge in [-0.3, -0.25) is 4.79 Å². The number of sulfone groups is 1. The van der Waals surface area contributed by atoms with E-state index in [1.54, 1.807) is 43.3 Å². The molecule has 6 nitrogen and oxygen atoms in total. The third-order valence-electron chi connectivity index (χ3n) is 3.25. The maximum absolute atomic E-state index is 12.1. The minimum atomic E-state index is -3.45. The van der Waals surface area contributed by atoms with Crippen LogP contribution in [0.15, 0.2) is 47.4 Å². The first-order valence-corrected chi connectivity index (χ1v) is 9.84. The molecule has 2 N–H and O–H groups in total. The molecular weight excluding hydrogens is 364 g/mol. The van der Waals surface area contributed by atoms with E-state index < -0.39 is 9.84 Å². The van der Waals surface area contributed by atoms with Gasteiger partial charge in [-0.1, -0.05) is 29.8 Å². The average Bonchev–Trinajstić information content (AvgIpc) is 2.55. The molecule has 0 unspecified atom stereocenters. The van der Waals surface area contributed by atoms with Crippen molar-refractivity contribution in [1.29, 1.82) is 0 Å². The van der Waals surface area contributed by atoms with Gasteiger partial charge in [0.05, 0.1) is 29.5 Å². The van der Waals surface area contributed by atoms with Crippen LogP contribution in [0.1, 0.15) is 6.92 Å². The lowest BCUT2D eigenvalue weighted by molar-refractivity contribution is -0.114. The molecule has 0 saturated carbocycles. The molecule has 1 amide bonds. The monoisotopic (exact) mass is 382 g/mol. The molecule has 0 heterocycles. The Labute approximate surface area is 152 Å². The van der Waals surface area contributed by atoms with E-state index >= 15 is 0 Å². The minimum Gasteiger partial charge on any atom is -0.490 e. The second-order valence-corrected chi connectivity index (χ2v) is 7.61. The Balaban J connectivity index is 2.15. The number of amides is 1. The van der Waals surface area contributed by atoms with Crippen molar-refractivity contribution in [2.24, 2.45) is 0 Å². The highest BCUT2D eigenvalue weighted by Gasteiger charge is 2.18. The first-order chi connectivity index (χ1) is 11.8. The number of halogens is 1. The smallest absolute Gasteiger partial charge is 0.243 e. The summed E-state index contributed by atoms with van der Waals surface area (Å²) in [5, 5.41) is 6.02. The fraction of sp³-hybridized carbons (Fsp3) is 0.235. The standard InChI is InChI=1S/C17H19ClN2O4S/c1-3-24-17-14(9-6-10-15(17)25(2,22)23)19-11-16(21)20-13-8-5-4-7-12(13)18/h4-10,19H,3,11H2,1-2H3,(H,20,21). The van der Waals surface area contributed by atoms with Crippen molar-refractivity contribution in [3.8, 4) is 5.75 Å². The van der Waals surface area contributed by atoms with Gasteiger partial charge in [0.25, 0.3) is 0 Å². The zero-order valence-corrected chi connectivity index (χ0v) is 15.4. The molecule has 0 fully saturated rings. The Bertz CT molecular complexity index is 869. The van der Waals surface area contributed by atoms with Crippen molar-refractivity contribution >= 4 is 38.7 Å². The van der Waals surface area contributed by atoms with E-state index in [-0.39, 0.29) is 23.1 Å². The van der Waals surface area contributed by atoms with E-state index in [1.165, 1.54) is 6.07 Å². The van der Waals surface area contributed by atoms with Gasteiger partial charge in [0, 0.05) is 6.26 Å². The number of nitrogens with one attached hydrogen (secondary N) is 2. The summed E-state index contributed by atoms with van der Waals surface area (Å²) in [6.07, 6.45) is 1.11. The lowest BCUT2D eigenvalue weighted by Gasteiger charge is -2.15. The van der Waals surface area contributed by atoms with Crippen LogP contribution in [0.3, 0.4) is 0 Å². The summed E-state index contributed by atoms with van der Waals surface area (Å²) in [5.74, 6) is -0.113. The van der Waals surface area contributed by atoms with E-state index in [1.807, 2.05) is 0 Å². The number of hydrogen-bond donors (Lipinski definition) is 2. The molecule has 0 bridgehead atoms. The Morgan fingerprint density at radius 3 is 2.44 bits per heavy atom. The number of anilines is 2. The van der Waals surface area contributed by atoms with Gasteiger partial charge in [-0.2, -0.15) is 0 Å². The van der Waals surface area contributed by atoms with E-state index in [2.05, 4.69) is 10.6 Å². The number of benzene rings is 2. The van der Waals surface area contributed by atoms with Crippen molar-refractivity contribution < 1.29 is 17.9 Å². The summed E-state index contributed by atoms with van der Waals surface area (Å²) in [6, 6.07) is 11.6. The minimum absolute atomic E-state index is 0.0709. The third kappa shape index (κ3) is 5.11. The Morgan fingerprint density at radius 2 is 1.80 bits per heavy atom. The lowest BCUT2D eigenvalue weighted by atomic mass is 10.3. The van der Waals surface area contributed by atoms with Gasteiger partial charge in [-0.25, -0.2) is 8.42 Å². The van der Waals surface area contributed by atoms with Crippen LogP contribution in [0.5, 0.6) is 5.75 Å². The predicted octanol–water partition coefficient (Wildman–Crippen LogP) is 3.19. The van der Waals surface area contributed by atoms with E-state index in [0.717, 1.165) is 6.26 Å². The van der Waals surface area contributed by atoms with Crippen LogP contribution < -0.4 is 15.4 Å². The topological polar surface area (TPSA) is 84.5 Å². The maximum atomic E-state index is 12.1. The molecule has 0 spiro atoms. The fourth-order valence-electron chi connectivity index (χ4n) is 2.17. The fourth-order valence-corrected chi connectivity index (χ4v) is 3.19. The molecule has 0 atom stereocenters. The van der Waals surface area contributed by atoms with Crippen molar-refractivity contribution in [2.45, 2.75) is 11.8 Å². The lowest BCUT2D eigenvalue weighted by Crippen LogP contribution is -2.22. The van der Waals surface area contributed by atoms with Gasteiger partial charge in [-0.05, 0) is 31.2 Å². The average molecular weight is 383 g/mol. The molecule has 2 rings (SSSR count). The van der Waals surface area contributed by atoms with E-state index in [4.69, 9.17) is 16.3 Å². The molecule has 0 radical (unpaired) electrons. The van der Waals surface area contributed by atoms with Gasteiger partial charge in [0.15, 0.2) is 15.6 Å². The highest BCUT2D eigenvalue weighted by atomic mass is 35.5. The molecule has 0 aliphatic carbocycles. The van der Waals surface area contributed by atoms with Crippen molar-refractivity contribution in [3.63, 3.8) is 0 Å². The predicted molar refractivity (Wildman–Crippen MR) is 99.3 cm³/mol. The first kappa shape index (κ1) is 19.1. The molecule has 0 aliphatic heterocycles. The number of rotatable bonds is 7. The van der Waals surface area contributed by atoms with Gasteiger partial charge in [0.1, 0.15) is 4.90 Å². The first-order valence-electron chi connectivity index (χ1n) is 7.57. The molecule has 25 heavy (non-hydrogen) atoms. The molecule has 8 heteroatoms. The van der Waals surface area contributed by atoms with Crippen molar-refractivity contribution in [1.82, 2.24) is 0 Å². The highest BCUT2D eigenvalue weighted by Crippen LogP contribution is 2.32. The SMILES string of the molecule is CCOc1c(NCC(=O)Nc2ccccc2Cl)cccc1S(C)(=O)=O. The quantitative estimate of drug-likeness (QED) is 0.768. The molecule has 134 valence electrons. The number of para-hydroxylation sites is 2. The number of ether oxygens (including phenoxy) is 1. The molecule has 2 aromatic rings. The van der Waals surface area contributed by atoms with Crippen molar-refractivity contribution in [2.75, 3.05) is 30.0 Å². The highest BCUT2D eigenvalue weighted by molar-refractivity contribution is 7.90. The van der Waals surface area contributed by atoms with Crippen LogP contribution in [0.2, 0.25) is 5.02 Å². The largest absolute Gasteiger partial charge is 0.490 e. The van der Waals surface area contributed by atoms with Crippen molar-refractivity contribution in [3.05, 3.63) is 47.5 Å². The van der Waals surface area contributed by atoms with Crippen LogP contribution in [-0.4, -0.2) is 33.7 Å². The van der Waals surface area contributed by atoms with Gasteiger partial charge in [-0.15, -0.1) is 0 Å². The Kier molecular flexibility index (Phi) is 6.27. The molecule has 0 saturated heterocycles. The second kappa shape index (κ2) is 8.22. The summed E-state index contributed by atoms with van der Waals surface area (Å²) in [7, 11) is -3.45. The Hall–Kier alpha value is -2.25. The maximum Gasteiger partial charge on any atom is 0.243 e. The van der Waals surface area contributed by atoms with E-state index in [9.17, 15) is 13.2 Å².